The molecule has 112 valence electrons. The van der Waals surface area contributed by atoms with E-state index in [1.54, 1.807) is 39.3 Å². The van der Waals surface area contributed by atoms with Crippen LogP contribution in [0, 0.1) is 0 Å². The lowest BCUT2D eigenvalue weighted by molar-refractivity contribution is 0.0902. The zero-order valence-electron chi connectivity index (χ0n) is 12.1. The standard InChI is InChI=1S/C15H17NO5/c1-9(8-19-2)16-14(17)12-7-10-6-11(20-3)4-5-13(10)21-15(12)18/h4-7,9H,8H2,1-3H3,(H,16,17). The van der Waals surface area contributed by atoms with Gasteiger partial charge in [0.05, 0.1) is 13.7 Å². The molecule has 2 rings (SSSR count). The highest BCUT2D eigenvalue weighted by Gasteiger charge is 2.16. The van der Waals surface area contributed by atoms with E-state index >= 15 is 0 Å². The molecule has 1 heterocycles. The van der Waals surface area contributed by atoms with Crippen LogP contribution in [-0.4, -0.2) is 32.8 Å². The molecule has 1 aromatic carbocycles. The molecule has 0 spiro atoms. The van der Waals surface area contributed by atoms with Crippen molar-refractivity contribution in [1.29, 1.82) is 0 Å². The van der Waals surface area contributed by atoms with Crippen molar-refractivity contribution in [3.8, 4) is 5.75 Å². The van der Waals surface area contributed by atoms with E-state index in [0.29, 0.717) is 23.3 Å². The van der Waals surface area contributed by atoms with Crippen LogP contribution in [0.5, 0.6) is 5.75 Å². The number of hydrogen-bond donors (Lipinski definition) is 1. The fourth-order valence-electron chi connectivity index (χ4n) is 1.98. The molecule has 1 aromatic heterocycles. The number of fused-ring (bicyclic) bond motifs is 1. The number of amides is 1. The second-order valence-corrected chi connectivity index (χ2v) is 4.68. The highest BCUT2D eigenvalue weighted by Crippen LogP contribution is 2.20. The minimum Gasteiger partial charge on any atom is -0.497 e. The lowest BCUT2D eigenvalue weighted by Gasteiger charge is -2.12. The van der Waals surface area contributed by atoms with Gasteiger partial charge in [-0.05, 0) is 31.2 Å². The van der Waals surface area contributed by atoms with E-state index in [-0.39, 0.29) is 11.6 Å². The molecule has 21 heavy (non-hydrogen) atoms. The van der Waals surface area contributed by atoms with Gasteiger partial charge in [-0.1, -0.05) is 0 Å². The lowest BCUT2D eigenvalue weighted by atomic mass is 10.1. The summed E-state index contributed by atoms with van der Waals surface area (Å²) in [6, 6.07) is 6.31. The Labute approximate surface area is 121 Å². The molecular weight excluding hydrogens is 274 g/mol. The Bertz CT molecular complexity index is 707. The third kappa shape index (κ3) is 3.41. The van der Waals surface area contributed by atoms with E-state index in [1.807, 2.05) is 0 Å². The minimum atomic E-state index is -0.671. The second-order valence-electron chi connectivity index (χ2n) is 4.68. The van der Waals surface area contributed by atoms with Crippen molar-refractivity contribution in [1.82, 2.24) is 5.32 Å². The molecule has 1 atom stereocenters. The highest BCUT2D eigenvalue weighted by molar-refractivity contribution is 5.96. The maximum atomic E-state index is 12.1. The third-order valence-electron chi connectivity index (χ3n) is 2.98. The molecule has 0 aliphatic rings. The van der Waals surface area contributed by atoms with E-state index < -0.39 is 11.5 Å². The number of ether oxygens (including phenoxy) is 2. The van der Waals surface area contributed by atoms with Crippen molar-refractivity contribution in [2.24, 2.45) is 0 Å². The van der Waals surface area contributed by atoms with E-state index in [9.17, 15) is 9.59 Å². The summed E-state index contributed by atoms with van der Waals surface area (Å²) < 4.78 is 15.2. The Kier molecular flexibility index (Phi) is 4.59. The summed E-state index contributed by atoms with van der Waals surface area (Å²) in [5.74, 6) is 0.133. The van der Waals surface area contributed by atoms with Crippen LogP contribution in [0.15, 0.2) is 33.5 Å². The van der Waals surface area contributed by atoms with Gasteiger partial charge in [-0.3, -0.25) is 4.79 Å². The predicted molar refractivity (Wildman–Crippen MR) is 77.8 cm³/mol. The van der Waals surface area contributed by atoms with Gasteiger partial charge in [-0.25, -0.2) is 4.79 Å². The van der Waals surface area contributed by atoms with E-state index in [4.69, 9.17) is 13.9 Å². The van der Waals surface area contributed by atoms with E-state index in [2.05, 4.69) is 5.32 Å². The molecule has 0 aliphatic carbocycles. The smallest absolute Gasteiger partial charge is 0.349 e. The van der Waals surface area contributed by atoms with Crippen molar-refractivity contribution in [2.45, 2.75) is 13.0 Å². The monoisotopic (exact) mass is 291 g/mol. The number of nitrogens with one attached hydrogen (secondary N) is 1. The molecule has 1 amide bonds. The fourth-order valence-corrected chi connectivity index (χ4v) is 1.98. The van der Waals surface area contributed by atoms with Crippen molar-refractivity contribution in [3.63, 3.8) is 0 Å². The zero-order valence-corrected chi connectivity index (χ0v) is 12.1. The maximum Gasteiger partial charge on any atom is 0.349 e. The van der Waals surface area contributed by atoms with Crippen LogP contribution in [0.1, 0.15) is 17.3 Å². The molecule has 6 heteroatoms. The molecule has 0 saturated carbocycles. The molecule has 1 N–H and O–H groups in total. The van der Waals surface area contributed by atoms with Crippen LogP contribution in [-0.2, 0) is 4.74 Å². The summed E-state index contributed by atoms with van der Waals surface area (Å²) in [6.07, 6.45) is 0. The number of methoxy groups -OCH3 is 2. The Morgan fingerprint density at radius 2 is 2.10 bits per heavy atom. The van der Waals surface area contributed by atoms with Gasteiger partial charge in [0.15, 0.2) is 0 Å². The van der Waals surface area contributed by atoms with Crippen molar-refractivity contribution in [2.75, 3.05) is 20.8 Å². The van der Waals surface area contributed by atoms with Gasteiger partial charge in [-0.15, -0.1) is 0 Å². The first-order valence-electron chi connectivity index (χ1n) is 6.47. The van der Waals surface area contributed by atoms with Crippen LogP contribution in [0.25, 0.3) is 11.0 Å². The average Bonchev–Trinajstić information content (AvgIpc) is 2.46. The molecule has 0 aliphatic heterocycles. The Balaban J connectivity index is 2.37. The normalized spacial score (nSPS) is 12.1. The molecule has 2 aromatic rings. The SMILES string of the molecule is COCC(C)NC(=O)c1cc2cc(OC)ccc2oc1=O. The Morgan fingerprint density at radius 1 is 1.33 bits per heavy atom. The van der Waals surface area contributed by atoms with Crippen molar-refractivity contribution in [3.05, 3.63) is 40.2 Å². The summed E-state index contributed by atoms with van der Waals surface area (Å²) in [7, 11) is 3.08. The first-order valence-corrected chi connectivity index (χ1v) is 6.47. The topological polar surface area (TPSA) is 77.8 Å². The summed E-state index contributed by atoms with van der Waals surface area (Å²) in [4.78, 5) is 24.0. The molecule has 0 fully saturated rings. The largest absolute Gasteiger partial charge is 0.497 e. The molecule has 0 bridgehead atoms. The Hall–Kier alpha value is -2.34. The molecule has 6 nitrogen and oxygen atoms in total. The van der Waals surface area contributed by atoms with Gasteiger partial charge in [0.2, 0.25) is 0 Å². The summed E-state index contributed by atoms with van der Waals surface area (Å²) in [5, 5.41) is 3.30. The van der Waals surface area contributed by atoms with Gasteiger partial charge >= 0.3 is 5.63 Å². The van der Waals surface area contributed by atoms with Crippen LogP contribution in [0.2, 0.25) is 0 Å². The fraction of sp³-hybridized carbons (Fsp3) is 0.333. The summed E-state index contributed by atoms with van der Waals surface area (Å²) in [6.45, 7) is 2.14. The van der Waals surface area contributed by atoms with Crippen LogP contribution in [0.4, 0.5) is 0 Å². The van der Waals surface area contributed by atoms with Crippen molar-refractivity contribution < 1.29 is 18.7 Å². The third-order valence-corrected chi connectivity index (χ3v) is 2.98. The molecule has 0 radical (unpaired) electrons. The number of carbonyl (C=O) groups is 1. The first kappa shape index (κ1) is 15.1. The maximum absolute atomic E-state index is 12.1. The quantitative estimate of drug-likeness (QED) is 0.846. The molecule has 1 unspecified atom stereocenters. The number of benzene rings is 1. The second kappa shape index (κ2) is 6.41. The van der Waals surface area contributed by atoms with E-state index in [1.165, 1.54) is 6.07 Å². The van der Waals surface area contributed by atoms with Gasteiger partial charge in [-0.2, -0.15) is 0 Å². The Morgan fingerprint density at radius 3 is 2.76 bits per heavy atom. The van der Waals surface area contributed by atoms with Gasteiger partial charge in [0.25, 0.3) is 5.91 Å². The lowest BCUT2D eigenvalue weighted by Crippen LogP contribution is -2.37. The minimum absolute atomic E-state index is 0.0429. The van der Waals surface area contributed by atoms with Crippen LogP contribution >= 0.6 is 0 Å². The van der Waals surface area contributed by atoms with Gasteiger partial charge in [0, 0.05) is 18.5 Å². The number of rotatable bonds is 5. The van der Waals surface area contributed by atoms with E-state index in [0.717, 1.165) is 0 Å². The highest BCUT2D eigenvalue weighted by atomic mass is 16.5. The van der Waals surface area contributed by atoms with Gasteiger partial charge < -0.3 is 19.2 Å². The van der Waals surface area contributed by atoms with Gasteiger partial charge in [0.1, 0.15) is 16.9 Å². The molecular formula is C15H17NO5. The number of carbonyl (C=O) groups excluding carboxylic acids is 1. The number of hydrogen-bond acceptors (Lipinski definition) is 5. The van der Waals surface area contributed by atoms with Crippen LogP contribution in [0.3, 0.4) is 0 Å². The molecule has 0 saturated heterocycles. The summed E-state index contributed by atoms with van der Waals surface area (Å²) in [5.41, 5.74) is -0.309. The first-order chi connectivity index (χ1) is 10.0. The average molecular weight is 291 g/mol. The predicted octanol–water partition coefficient (Wildman–Crippen LogP) is 1.57. The zero-order chi connectivity index (χ0) is 15.4. The van der Waals surface area contributed by atoms with Crippen LogP contribution < -0.4 is 15.7 Å². The van der Waals surface area contributed by atoms with Crippen molar-refractivity contribution >= 4 is 16.9 Å². The summed E-state index contributed by atoms with van der Waals surface area (Å²) >= 11 is 0.